The first-order valence-electron chi connectivity index (χ1n) is 9.52. The topological polar surface area (TPSA) is 75.7 Å². The Labute approximate surface area is 189 Å². The van der Waals surface area contributed by atoms with E-state index in [9.17, 15) is 14.4 Å². The fourth-order valence-electron chi connectivity index (χ4n) is 2.91. The number of carbonyl (C=O) groups excluding carboxylic acids is 3. The van der Waals surface area contributed by atoms with Gasteiger partial charge in [-0.15, -0.1) is 0 Å². The van der Waals surface area contributed by atoms with Gasteiger partial charge in [0.2, 0.25) is 0 Å². The lowest BCUT2D eigenvalue weighted by Crippen LogP contribution is -2.28. The van der Waals surface area contributed by atoms with Crippen LogP contribution in [0.1, 0.15) is 26.3 Å². The van der Waals surface area contributed by atoms with E-state index in [4.69, 9.17) is 4.74 Å². The summed E-state index contributed by atoms with van der Waals surface area (Å²) in [6.45, 7) is 1.46. The zero-order chi connectivity index (χ0) is 22.4. The fraction of sp³-hybridized carbons (Fsp3) is 0.125. The number of hydrogen-bond donors (Lipinski definition) is 1. The minimum absolute atomic E-state index is 0.0968. The number of anilines is 2. The Morgan fingerprint density at radius 1 is 0.935 bits per heavy atom. The second-order valence-corrected chi connectivity index (χ2v) is 7.71. The van der Waals surface area contributed by atoms with E-state index in [1.807, 2.05) is 37.3 Å². The molecule has 2 amide bonds. The third-order valence-corrected chi connectivity index (χ3v) is 5.21. The van der Waals surface area contributed by atoms with Gasteiger partial charge < -0.3 is 15.0 Å². The summed E-state index contributed by atoms with van der Waals surface area (Å²) >= 11 is 3.39. The number of nitrogens with one attached hydrogen (secondary N) is 1. The van der Waals surface area contributed by atoms with Crippen LogP contribution in [0.2, 0.25) is 0 Å². The number of rotatable bonds is 6. The maximum Gasteiger partial charge on any atom is 0.339 e. The summed E-state index contributed by atoms with van der Waals surface area (Å²) in [4.78, 5) is 39.2. The molecular formula is C24H21BrN2O4. The maximum absolute atomic E-state index is 12.9. The van der Waals surface area contributed by atoms with Gasteiger partial charge >= 0.3 is 5.97 Å². The number of esters is 1. The lowest BCUT2D eigenvalue weighted by atomic mass is 10.1. The van der Waals surface area contributed by atoms with E-state index >= 15 is 0 Å². The number of halogens is 1. The molecule has 3 aromatic carbocycles. The highest BCUT2D eigenvalue weighted by Crippen LogP contribution is 2.23. The zero-order valence-corrected chi connectivity index (χ0v) is 18.7. The van der Waals surface area contributed by atoms with Crippen LogP contribution < -0.4 is 10.2 Å². The van der Waals surface area contributed by atoms with E-state index in [1.165, 1.54) is 11.0 Å². The Bertz CT molecular complexity index is 1120. The van der Waals surface area contributed by atoms with Crippen LogP contribution in [0.4, 0.5) is 11.4 Å². The number of benzene rings is 3. The number of amides is 2. The predicted molar refractivity (Wildman–Crippen MR) is 123 cm³/mol. The smallest absolute Gasteiger partial charge is 0.339 e. The summed E-state index contributed by atoms with van der Waals surface area (Å²) in [6.07, 6.45) is 0. The lowest BCUT2D eigenvalue weighted by molar-refractivity contribution is -0.119. The van der Waals surface area contributed by atoms with Gasteiger partial charge in [0.25, 0.3) is 11.8 Å². The van der Waals surface area contributed by atoms with Gasteiger partial charge in [0.05, 0.1) is 16.8 Å². The molecule has 0 aliphatic rings. The van der Waals surface area contributed by atoms with Crippen molar-refractivity contribution in [3.63, 3.8) is 0 Å². The van der Waals surface area contributed by atoms with Crippen molar-refractivity contribution < 1.29 is 19.1 Å². The summed E-state index contributed by atoms with van der Waals surface area (Å²) in [6, 6.07) is 21.0. The van der Waals surface area contributed by atoms with Crippen LogP contribution in [0.25, 0.3) is 0 Å². The van der Waals surface area contributed by atoms with Crippen molar-refractivity contribution in [2.45, 2.75) is 6.92 Å². The van der Waals surface area contributed by atoms with Crippen LogP contribution in [0.3, 0.4) is 0 Å². The average molecular weight is 481 g/mol. The molecule has 0 saturated heterocycles. The summed E-state index contributed by atoms with van der Waals surface area (Å²) < 4.78 is 5.89. The molecule has 158 valence electrons. The van der Waals surface area contributed by atoms with Crippen molar-refractivity contribution in [1.29, 1.82) is 0 Å². The van der Waals surface area contributed by atoms with E-state index in [0.717, 1.165) is 10.0 Å². The summed E-state index contributed by atoms with van der Waals surface area (Å²) in [5.41, 5.74) is 2.60. The summed E-state index contributed by atoms with van der Waals surface area (Å²) in [5, 5.41) is 2.68. The Hall–Kier alpha value is -3.45. The standard InChI is InChI=1S/C24H21BrN2O4/c1-16-12-13-21(20(25)14-16)26-22(28)15-31-24(30)19-11-7-6-10-18(19)23(29)27(2)17-8-4-3-5-9-17/h3-14H,15H2,1-2H3,(H,26,28). The van der Waals surface area contributed by atoms with Crippen molar-refractivity contribution >= 4 is 45.1 Å². The van der Waals surface area contributed by atoms with Crippen molar-refractivity contribution in [2.24, 2.45) is 0 Å². The first-order chi connectivity index (χ1) is 14.9. The van der Waals surface area contributed by atoms with Crippen LogP contribution >= 0.6 is 15.9 Å². The first-order valence-corrected chi connectivity index (χ1v) is 10.3. The quantitative estimate of drug-likeness (QED) is 0.512. The first kappa shape index (κ1) is 22.2. The number of hydrogen-bond acceptors (Lipinski definition) is 4. The highest BCUT2D eigenvalue weighted by molar-refractivity contribution is 9.10. The van der Waals surface area contributed by atoms with Crippen molar-refractivity contribution in [2.75, 3.05) is 23.9 Å². The zero-order valence-electron chi connectivity index (χ0n) is 17.1. The molecule has 0 aromatic heterocycles. The maximum atomic E-state index is 12.9. The molecule has 6 nitrogen and oxygen atoms in total. The van der Waals surface area contributed by atoms with Crippen LogP contribution in [0.15, 0.2) is 77.3 Å². The van der Waals surface area contributed by atoms with Gasteiger partial charge in [-0.2, -0.15) is 0 Å². The number of nitrogens with zero attached hydrogens (tertiary/aromatic N) is 1. The van der Waals surface area contributed by atoms with E-state index < -0.39 is 18.5 Å². The average Bonchev–Trinajstić information content (AvgIpc) is 2.79. The van der Waals surface area contributed by atoms with Crippen LogP contribution in [-0.4, -0.2) is 31.4 Å². The largest absolute Gasteiger partial charge is 0.452 e. The number of para-hydroxylation sites is 1. The fourth-order valence-corrected chi connectivity index (χ4v) is 3.51. The normalized spacial score (nSPS) is 10.3. The van der Waals surface area contributed by atoms with Gasteiger partial charge in [0.1, 0.15) is 0 Å². The monoisotopic (exact) mass is 480 g/mol. The Kier molecular flexibility index (Phi) is 7.20. The van der Waals surface area contributed by atoms with E-state index in [0.29, 0.717) is 11.4 Å². The molecule has 0 atom stereocenters. The summed E-state index contributed by atoms with van der Waals surface area (Å²) in [5.74, 6) is -1.58. The molecule has 3 aromatic rings. The van der Waals surface area contributed by atoms with Gasteiger partial charge in [-0.3, -0.25) is 9.59 Å². The molecule has 0 fully saturated rings. The number of ether oxygens (including phenoxy) is 1. The molecule has 0 aliphatic heterocycles. The SMILES string of the molecule is Cc1ccc(NC(=O)COC(=O)c2ccccc2C(=O)N(C)c2ccccc2)c(Br)c1. The van der Waals surface area contributed by atoms with Gasteiger partial charge in [-0.1, -0.05) is 36.4 Å². The molecule has 0 spiro atoms. The summed E-state index contributed by atoms with van der Waals surface area (Å²) in [7, 11) is 1.63. The number of carbonyl (C=O) groups is 3. The molecule has 3 rings (SSSR count). The van der Waals surface area contributed by atoms with E-state index in [2.05, 4.69) is 21.2 Å². The highest BCUT2D eigenvalue weighted by Gasteiger charge is 2.22. The molecule has 0 heterocycles. The van der Waals surface area contributed by atoms with Gasteiger partial charge in [-0.05, 0) is 64.8 Å². The van der Waals surface area contributed by atoms with Gasteiger partial charge in [0, 0.05) is 17.2 Å². The minimum Gasteiger partial charge on any atom is -0.452 e. The van der Waals surface area contributed by atoms with Gasteiger partial charge in [-0.25, -0.2) is 4.79 Å². The Morgan fingerprint density at radius 2 is 1.58 bits per heavy atom. The highest BCUT2D eigenvalue weighted by atomic mass is 79.9. The molecule has 1 N–H and O–H groups in total. The molecule has 0 saturated carbocycles. The number of aryl methyl sites for hydroxylation is 1. The predicted octanol–water partition coefficient (Wildman–Crippen LogP) is 4.83. The van der Waals surface area contributed by atoms with Crippen LogP contribution in [-0.2, 0) is 9.53 Å². The van der Waals surface area contributed by atoms with Crippen molar-refractivity contribution in [3.05, 3.63) is 94.0 Å². The second kappa shape index (κ2) is 10.0. The molecular weight excluding hydrogens is 460 g/mol. The van der Waals surface area contributed by atoms with Crippen LogP contribution in [0.5, 0.6) is 0 Å². The van der Waals surface area contributed by atoms with Gasteiger partial charge in [0.15, 0.2) is 6.61 Å². The molecule has 0 aliphatic carbocycles. The lowest BCUT2D eigenvalue weighted by Gasteiger charge is -2.18. The molecule has 31 heavy (non-hydrogen) atoms. The Morgan fingerprint density at radius 3 is 2.26 bits per heavy atom. The molecule has 0 bridgehead atoms. The third-order valence-electron chi connectivity index (χ3n) is 4.56. The van der Waals surface area contributed by atoms with Crippen molar-refractivity contribution in [1.82, 2.24) is 0 Å². The minimum atomic E-state index is -0.747. The second-order valence-electron chi connectivity index (χ2n) is 6.85. The van der Waals surface area contributed by atoms with Crippen molar-refractivity contribution in [3.8, 4) is 0 Å². The molecule has 0 radical (unpaired) electrons. The van der Waals surface area contributed by atoms with Crippen LogP contribution in [0, 0.1) is 6.92 Å². The van der Waals surface area contributed by atoms with E-state index in [-0.39, 0.29) is 17.0 Å². The Balaban J connectivity index is 1.68. The molecule has 0 unspecified atom stereocenters. The third kappa shape index (κ3) is 5.58. The molecule has 7 heteroatoms. The van der Waals surface area contributed by atoms with E-state index in [1.54, 1.807) is 43.4 Å².